The van der Waals surface area contributed by atoms with E-state index in [1.165, 1.54) is 5.56 Å². The predicted octanol–water partition coefficient (Wildman–Crippen LogP) is 2.66. The zero-order valence-electron chi connectivity index (χ0n) is 10.1. The Hall–Kier alpha value is -1.84. The standard InChI is InChI=1S/C15H17N3/c1-3-7-12(8-4-1)14-11-15(18-17-14)16-13-9-5-2-6-10-13/h1-10,14-18H,11H2. The van der Waals surface area contributed by atoms with Gasteiger partial charge >= 0.3 is 0 Å². The summed E-state index contributed by atoms with van der Waals surface area (Å²) >= 11 is 0. The molecule has 2 unspecified atom stereocenters. The molecule has 1 fully saturated rings. The number of rotatable bonds is 3. The second kappa shape index (κ2) is 5.21. The summed E-state index contributed by atoms with van der Waals surface area (Å²) in [6.45, 7) is 0. The summed E-state index contributed by atoms with van der Waals surface area (Å²) < 4.78 is 0. The topological polar surface area (TPSA) is 36.1 Å². The number of hydrogen-bond acceptors (Lipinski definition) is 3. The number of para-hydroxylation sites is 1. The van der Waals surface area contributed by atoms with E-state index < -0.39 is 0 Å². The Morgan fingerprint density at radius 2 is 1.50 bits per heavy atom. The van der Waals surface area contributed by atoms with E-state index >= 15 is 0 Å². The first-order valence-corrected chi connectivity index (χ1v) is 6.29. The van der Waals surface area contributed by atoms with E-state index in [9.17, 15) is 0 Å². The van der Waals surface area contributed by atoms with Crippen molar-refractivity contribution in [2.24, 2.45) is 0 Å². The number of benzene rings is 2. The lowest BCUT2D eigenvalue weighted by atomic mass is 10.0. The zero-order chi connectivity index (χ0) is 12.2. The molecule has 0 spiro atoms. The number of nitrogens with one attached hydrogen (secondary N) is 3. The van der Waals surface area contributed by atoms with Crippen LogP contribution in [0.25, 0.3) is 0 Å². The lowest BCUT2D eigenvalue weighted by molar-refractivity contribution is 0.564. The molecule has 0 radical (unpaired) electrons. The first-order chi connectivity index (χ1) is 8.92. The molecule has 0 aromatic heterocycles. The van der Waals surface area contributed by atoms with E-state index in [0.717, 1.165) is 12.1 Å². The maximum absolute atomic E-state index is 3.47. The second-order valence-corrected chi connectivity index (χ2v) is 4.55. The van der Waals surface area contributed by atoms with Crippen LogP contribution >= 0.6 is 0 Å². The van der Waals surface area contributed by atoms with Crippen molar-refractivity contribution < 1.29 is 0 Å². The average molecular weight is 239 g/mol. The fraction of sp³-hybridized carbons (Fsp3) is 0.200. The number of anilines is 1. The SMILES string of the molecule is c1ccc(NC2CC(c3ccccc3)NN2)cc1. The summed E-state index contributed by atoms with van der Waals surface area (Å²) in [6.07, 6.45) is 1.29. The number of hydrazine groups is 1. The second-order valence-electron chi connectivity index (χ2n) is 4.55. The van der Waals surface area contributed by atoms with Crippen molar-refractivity contribution in [1.29, 1.82) is 0 Å². The van der Waals surface area contributed by atoms with Gasteiger partial charge < -0.3 is 5.32 Å². The normalized spacial score (nSPS) is 22.9. The van der Waals surface area contributed by atoms with Gasteiger partial charge in [0, 0.05) is 18.2 Å². The lowest BCUT2D eigenvalue weighted by Crippen LogP contribution is -2.35. The number of hydrogen-bond donors (Lipinski definition) is 3. The first kappa shape index (κ1) is 11.3. The third-order valence-electron chi connectivity index (χ3n) is 3.22. The van der Waals surface area contributed by atoms with Crippen molar-refractivity contribution in [1.82, 2.24) is 10.9 Å². The third-order valence-corrected chi connectivity index (χ3v) is 3.22. The molecule has 92 valence electrons. The van der Waals surface area contributed by atoms with Crippen molar-refractivity contribution in [3.8, 4) is 0 Å². The minimum Gasteiger partial charge on any atom is -0.369 e. The molecule has 0 saturated carbocycles. The molecule has 1 heterocycles. The highest BCUT2D eigenvalue weighted by molar-refractivity contribution is 5.43. The van der Waals surface area contributed by atoms with Gasteiger partial charge in [-0.1, -0.05) is 48.5 Å². The summed E-state index contributed by atoms with van der Waals surface area (Å²) in [5.74, 6) is 0. The van der Waals surface area contributed by atoms with Crippen LogP contribution in [-0.4, -0.2) is 6.17 Å². The highest BCUT2D eigenvalue weighted by atomic mass is 15.5. The molecule has 2 atom stereocenters. The predicted molar refractivity (Wildman–Crippen MR) is 73.9 cm³/mol. The van der Waals surface area contributed by atoms with Crippen molar-refractivity contribution in [3.63, 3.8) is 0 Å². The van der Waals surface area contributed by atoms with Gasteiger partial charge in [0.25, 0.3) is 0 Å². The van der Waals surface area contributed by atoms with Gasteiger partial charge in [0.1, 0.15) is 0 Å². The molecule has 3 nitrogen and oxygen atoms in total. The van der Waals surface area contributed by atoms with Crippen LogP contribution in [0.3, 0.4) is 0 Å². The molecule has 18 heavy (non-hydrogen) atoms. The van der Waals surface area contributed by atoms with Gasteiger partial charge in [-0.15, -0.1) is 0 Å². The fourth-order valence-electron chi connectivity index (χ4n) is 2.29. The van der Waals surface area contributed by atoms with Gasteiger partial charge in [-0.05, 0) is 17.7 Å². The first-order valence-electron chi connectivity index (χ1n) is 6.29. The Bertz CT molecular complexity index is 484. The molecule has 3 rings (SSSR count). The Labute approximate surface area is 107 Å². The Morgan fingerprint density at radius 3 is 2.22 bits per heavy atom. The van der Waals surface area contributed by atoms with Crippen molar-refractivity contribution in [2.75, 3.05) is 5.32 Å². The monoisotopic (exact) mass is 239 g/mol. The van der Waals surface area contributed by atoms with Crippen molar-refractivity contribution >= 4 is 5.69 Å². The van der Waals surface area contributed by atoms with Crippen LogP contribution in [0.5, 0.6) is 0 Å². The highest BCUT2D eigenvalue weighted by Crippen LogP contribution is 2.22. The van der Waals surface area contributed by atoms with Crippen LogP contribution in [0.4, 0.5) is 5.69 Å². The molecule has 1 saturated heterocycles. The molecule has 0 bridgehead atoms. The highest BCUT2D eigenvalue weighted by Gasteiger charge is 2.24. The molecule has 0 amide bonds. The van der Waals surface area contributed by atoms with Crippen LogP contribution in [-0.2, 0) is 0 Å². The molecule has 1 aliphatic rings. The molecule has 2 aromatic rings. The van der Waals surface area contributed by atoms with Crippen LogP contribution in [0, 0.1) is 0 Å². The average Bonchev–Trinajstić information content (AvgIpc) is 2.89. The molecule has 2 aromatic carbocycles. The molecule has 1 aliphatic heterocycles. The fourth-order valence-corrected chi connectivity index (χ4v) is 2.29. The minimum atomic E-state index is 0.262. The summed E-state index contributed by atoms with van der Waals surface area (Å²) in [5, 5.41) is 3.47. The van der Waals surface area contributed by atoms with Crippen LogP contribution < -0.4 is 16.2 Å². The molecular weight excluding hydrogens is 222 g/mol. The lowest BCUT2D eigenvalue weighted by Gasteiger charge is -2.13. The Morgan fingerprint density at radius 1 is 0.833 bits per heavy atom. The van der Waals surface area contributed by atoms with Crippen LogP contribution in [0.2, 0.25) is 0 Å². The van der Waals surface area contributed by atoms with Gasteiger partial charge in [-0.25, -0.2) is 10.9 Å². The van der Waals surface area contributed by atoms with Crippen molar-refractivity contribution in [3.05, 3.63) is 66.2 Å². The maximum atomic E-state index is 3.47. The van der Waals surface area contributed by atoms with E-state index in [1.54, 1.807) is 0 Å². The van der Waals surface area contributed by atoms with E-state index in [-0.39, 0.29) is 6.17 Å². The molecule has 3 N–H and O–H groups in total. The third kappa shape index (κ3) is 2.53. The summed E-state index contributed by atoms with van der Waals surface area (Å²) in [4.78, 5) is 0. The minimum absolute atomic E-state index is 0.262. The van der Waals surface area contributed by atoms with Gasteiger partial charge in [0.05, 0.1) is 6.17 Å². The Kier molecular flexibility index (Phi) is 3.26. The summed E-state index contributed by atoms with van der Waals surface area (Å²) in [7, 11) is 0. The Balaban J connectivity index is 1.62. The van der Waals surface area contributed by atoms with Crippen molar-refractivity contribution in [2.45, 2.75) is 18.6 Å². The maximum Gasteiger partial charge on any atom is 0.0914 e. The molecular formula is C15H17N3. The van der Waals surface area contributed by atoms with Gasteiger partial charge in [0.2, 0.25) is 0 Å². The van der Waals surface area contributed by atoms with Crippen LogP contribution in [0.1, 0.15) is 18.0 Å². The van der Waals surface area contributed by atoms with Gasteiger partial charge in [-0.2, -0.15) is 0 Å². The zero-order valence-corrected chi connectivity index (χ0v) is 10.1. The van der Waals surface area contributed by atoms with Gasteiger partial charge in [-0.3, -0.25) is 0 Å². The summed E-state index contributed by atoms with van der Waals surface area (Å²) in [6, 6.07) is 21.2. The van der Waals surface area contributed by atoms with E-state index in [2.05, 4.69) is 52.6 Å². The smallest absolute Gasteiger partial charge is 0.0914 e. The van der Waals surface area contributed by atoms with E-state index in [1.807, 2.05) is 24.3 Å². The molecule has 3 heteroatoms. The summed E-state index contributed by atoms with van der Waals surface area (Å²) in [5.41, 5.74) is 9.09. The molecule has 0 aliphatic carbocycles. The van der Waals surface area contributed by atoms with E-state index in [4.69, 9.17) is 0 Å². The largest absolute Gasteiger partial charge is 0.369 e. The quantitative estimate of drug-likeness (QED) is 0.770. The van der Waals surface area contributed by atoms with Gasteiger partial charge in [0.15, 0.2) is 0 Å². The van der Waals surface area contributed by atoms with E-state index in [0.29, 0.717) is 6.04 Å². The van der Waals surface area contributed by atoms with Crippen LogP contribution in [0.15, 0.2) is 60.7 Å².